The Morgan fingerprint density at radius 1 is 1.44 bits per heavy atom. The van der Waals surface area contributed by atoms with Crippen LogP contribution >= 0.6 is 0 Å². The van der Waals surface area contributed by atoms with Gasteiger partial charge in [-0.05, 0) is 19.9 Å². The topological polar surface area (TPSA) is 85.7 Å². The van der Waals surface area contributed by atoms with Crippen LogP contribution in [-0.4, -0.2) is 72.1 Å². The largest absolute Gasteiger partial charge is 0.377 e. The Labute approximate surface area is 148 Å². The maximum absolute atomic E-state index is 12.4. The van der Waals surface area contributed by atoms with Crippen molar-refractivity contribution in [2.75, 3.05) is 40.0 Å². The van der Waals surface area contributed by atoms with Gasteiger partial charge in [-0.1, -0.05) is 0 Å². The molecule has 1 aliphatic rings. The molecule has 0 saturated carbocycles. The molecule has 25 heavy (non-hydrogen) atoms. The molecular formula is C17H28N4O4. The number of amides is 2. The molecule has 140 valence electrons. The van der Waals surface area contributed by atoms with Gasteiger partial charge in [-0.2, -0.15) is 5.10 Å². The van der Waals surface area contributed by atoms with Crippen LogP contribution in [0.15, 0.2) is 6.07 Å². The first-order chi connectivity index (χ1) is 11.8. The zero-order chi connectivity index (χ0) is 18.4. The van der Waals surface area contributed by atoms with Crippen LogP contribution in [0.4, 0.5) is 0 Å². The molecule has 1 aromatic heterocycles. The summed E-state index contributed by atoms with van der Waals surface area (Å²) in [7, 11) is 1.55. The summed E-state index contributed by atoms with van der Waals surface area (Å²) in [5, 5.41) is 7.27. The molecule has 8 nitrogen and oxygen atoms in total. The molecule has 0 radical (unpaired) electrons. The van der Waals surface area contributed by atoms with Gasteiger partial charge >= 0.3 is 0 Å². The highest BCUT2D eigenvalue weighted by molar-refractivity contribution is 5.77. The number of aromatic nitrogens is 2. The fourth-order valence-electron chi connectivity index (χ4n) is 3.03. The van der Waals surface area contributed by atoms with Crippen molar-refractivity contribution in [3.8, 4) is 0 Å². The number of carbonyl (C=O) groups excluding carboxylic acids is 2. The SMILES string of the molecule is CO[C@]1(CC(=O)NCCn2nc(C)cc2C)COCCN(C(C)=O)C1. The van der Waals surface area contributed by atoms with Gasteiger partial charge in [0.1, 0.15) is 5.60 Å². The summed E-state index contributed by atoms with van der Waals surface area (Å²) >= 11 is 0. The summed E-state index contributed by atoms with van der Waals surface area (Å²) in [6.45, 7) is 8.14. The lowest BCUT2D eigenvalue weighted by Crippen LogP contribution is -2.50. The molecule has 0 aliphatic carbocycles. The minimum Gasteiger partial charge on any atom is -0.377 e. The van der Waals surface area contributed by atoms with Crippen LogP contribution < -0.4 is 5.32 Å². The van der Waals surface area contributed by atoms with Crippen molar-refractivity contribution in [3.63, 3.8) is 0 Å². The number of nitrogens with one attached hydrogen (secondary N) is 1. The molecule has 2 rings (SSSR count). The number of aryl methyl sites for hydroxylation is 2. The second-order valence-corrected chi connectivity index (χ2v) is 6.56. The molecule has 2 amide bonds. The van der Waals surface area contributed by atoms with E-state index in [1.165, 1.54) is 6.92 Å². The monoisotopic (exact) mass is 352 g/mol. The van der Waals surface area contributed by atoms with Gasteiger partial charge in [0.25, 0.3) is 0 Å². The van der Waals surface area contributed by atoms with Crippen LogP contribution in [0.1, 0.15) is 24.7 Å². The summed E-state index contributed by atoms with van der Waals surface area (Å²) < 4.78 is 13.0. The number of rotatable bonds is 6. The lowest BCUT2D eigenvalue weighted by atomic mass is 9.99. The summed E-state index contributed by atoms with van der Waals surface area (Å²) in [6.07, 6.45) is 0.143. The van der Waals surface area contributed by atoms with E-state index in [2.05, 4.69) is 10.4 Å². The summed E-state index contributed by atoms with van der Waals surface area (Å²) in [5.74, 6) is -0.172. The van der Waals surface area contributed by atoms with Crippen molar-refractivity contribution in [1.82, 2.24) is 20.0 Å². The van der Waals surface area contributed by atoms with Crippen LogP contribution in [0.3, 0.4) is 0 Å². The lowest BCUT2D eigenvalue weighted by Gasteiger charge is -2.33. The van der Waals surface area contributed by atoms with Gasteiger partial charge in [-0.3, -0.25) is 14.3 Å². The Bertz CT molecular complexity index is 616. The number of nitrogens with zero attached hydrogens (tertiary/aromatic N) is 3. The van der Waals surface area contributed by atoms with Crippen LogP contribution in [0.5, 0.6) is 0 Å². The smallest absolute Gasteiger partial charge is 0.223 e. The quantitative estimate of drug-likeness (QED) is 0.794. The van der Waals surface area contributed by atoms with E-state index in [1.807, 2.05) is 24.6 Å². The molecule has 0 spiro atoms. The molecule has 1 atom stereocenters. The van der Waals surface area contributed by atoms with Crippen LogP contribution in [0, 0.1) is 13.8 Å². The van der Waals surface area contributed by atoms with Crippen molar-refractivity contribution < 1.29 is 19.1 Å². The predicted molar refractivity (Wildman–Crippen MR) is 92.1 cm³/mol. The maximum Gasteiger partial charge on any atom is 0.223 e. The van der Waals surface area contributed by atoms with E-state index in [4.69, 9.17) is 9.47 Å². The Balaban J connectivity index is 1.89. The number of carbonyl (C=O) groups is 2. The molecule has 0 bridgehead atoms. The minimum absolute atomic E-state index is 0.0446. The third-order valence-electron chi connectivity index (χ3n) is 4.46. The Morgan fingerprint density at radius 2 is 2.20 bits per heavy atom. The van der Waals surface area contributed by atoms with E-state index in [0.29, 0.717) is 32.8 Å². The van der Waals surface area contributed by atoms with Crippen molar-refractivity contribution >= 4 is 11.8 Å². The fourth-order valence-corrected chi connectivity index (χ4v) is 3.03. The van der Waals surface area contributed by atoms with Gasteiger partial charge < -0.3 is 19.7 Å². The highest BCUT2D eigenvalue weighted by Gasteiger charge is 2.38. The van der Waals surface area contributed by atoms with E-state index in [1.54, 1.807) is 12.0 Å². The van der Waals surface area contributed by atoms with E-state index in [9.17, 15) is 9.59 Å². The Kier molecular flexibility index (Phi) is 6.55. The standard InChI is InChI=1S/C17H28N4O4/c1-13-9-14(2)21(19-13)6-5-18-16(23)10-17(24-4)11-20(15(3)22)7-8-25-12-17/h9H,5-8,10-12H2,1-4H3,(H,18,23)/t17-/m0/s1. The van der Waals surface area contributed by atoms with Crippen molar-refractivity contribution in [2.24, 2.45) is 0 Å². The normalized spacial score (nSPS) is 21.0. The van der Waals surface area contributed by atoms with Gasteiger partial charge in [0, 0.05) is 32.8 Å². The first-order valence-corrected chi connectivity index (χ1v) is 8.51. The number of hydrogen-bond acceptors (Lipinski definition) is 5. The first kappa shape index (κ1) is 19.4. The van der Waals surface area contributed by atoms with Crippen LogP contribution in [0.25, 0.3) is 0 Å². The zero-order valence-electron chi connectivity index (χ0n) is 15.5. The summed E-state index contributed by atoms with van der Waals surface area (Å²) in [4.78, 5) is 25.7. The molecule has 2 heterocycles. The Hall–Kier alpha value is -1.93. The van der Waals surface area contributed by atoms with Crippen molar-refractivity contribution in [1.29, 1.82) is 0 Å². The summed E-state index contributed by atoms with van der Waals surface area (Å²) in [5.41, 5.74) is 1.21. The molecule has 8 heteroatoms. The second kappa shape index (κ2) is 8.44. The molecule has 0 unspecified atom stereocenters. The first-order valence-electron chi connectivity index (χ1n) is 8.51. The van der Waals surface area contributed by atoms with Crippen molar-refractivity contribution in [2.45, 2.75) is 39.3 Å². The molecule has 0 aromatic carbocycles. The molecule has 1 N–H and O–H groups in total. The summed E-state index contributed by atoms with van der Waals surface area (Å²) in [6, 6.07) is 2.00. The fraction of sp³-hybridized carbons (Fsp3) is 0.706. The predicted octanol–water partition coefficient (Wildman–Crippen LogP) is 0.270. The minimum atomic E-state index is -0.815. The average molecular weight is 352 g/mol. The van der Waals surface area contributed by atoms with E-state index in [0.717, 1.165) is 11.4 Å². The molecule has 1 saturated heterocycles. The number of ether oxygens (including phenoxy) is 2. The van der Waals surface area contributed by atoms with Gasteiger partial charge in [0.05, 0.1) is 38.4 Å². The number of methoxy groups -OCH3 is 1. The molecular weight excluding hydrogens is 324 g/mol. The average Bonchev–Trinajstić information content (AvgIpc) is 2.75. The zero-order valence-corrected chi connectivity index (χ0v) is 15.5. The molecule has 1 aliphatic heterocycles. The molecule has 1 aromatic rings. The number of hydrogen-bond donors (Lipinski definition) is 1. The lowest BCUT2D eigenvalue weighted by molar-refractivity contribution is -0.139. The van der Waals surface area contributed by atoms with Crippen LogP contribution in [-0.2, 0) is 25.6 Å². The second-order valence-electron chi connectivity index (χ2n) is 6.56. The van der Waals surface area contributed by atoms with E-state index < -0.39 is 5.60 Å². The third kappa shape index (κ3) is 5.27. The van der Waals surface area contributed by atoms with Gasteiger partial charge in [0.15, 0.2) is 0 Å². The van der Waals surface area contributed by atoms with E-state index >= 15 is 0 Å². The van der Waals surface area contributed by atoms with Gasteiger partial charge in [0.2, 0.25) is 11.8 Å². The van der Waals surface area contributed by atoms with E-state index in [-0.39, 0.29) is 24.8 Å². The highest BCUT2D eigenvalue weighted by atomic mass is 16.5. The highest BCUT2D eigenvalue weighted by Crippen LogP contribution is 2.21. The van der Waals surface area contributed by atoms with Gasteiger partial charge in [-0.25, -0.2) is 0 Å². The van der Waals surface area contributed by atoms with Gasteiger partial charge in [-0.15, -0.1) is 0 Å². The van der Waals surface area contributed by atoms with Crippen molar-refractivity contribution in [3.05, 3.63) is 17.5 Å². The molecule has 1 fully saturated rings. The Morgan fingerprint density at radius 3 is 2.80 bits per heavy atom. The maximum atomic E-state index is 12.4. The third-order valence-corrected chi connectivity index (χ3v) is 4.46. The van der Waals surface area contributed by atoms with Crippen LogP contribution in [0.2, 0.25) is 0 Å².